The molecule has 8 heteroatoms. The first-order valence-corrected chi connectivity index (χ1v) is 14.5. The van der Waals surface area contributed by atoms with Gasteiger partial charge in [-0.2, -0.15) is 0 Å². The minimum Gasteiger partial charge on any atom is -0.349 e. The lowest BCUT2D eigenvalue weighted by Gasteiger charge is -2.32. The Balaban J connectivity index is 1.42. The van der Waals surface area contributed by atoms with Gasteiger partial charge in [-0.15, -0.1) is 0 Å². The molecular formula is C26H32Cl2N2O3S. The smallest absolute Gasteiger partial charge is 0.224 e. The molecule has 0 radical (unpaired) electrons. The number of rotatable bonds is 7. The molecule has 0 saturated carbocycles. The zero-order chi connectivity index (χ0) is 24.3. The highest BCUT2D eigenvalue weighted by molar-refractivity contribution is 7.88. The third-order valence-electron chi connectivity index (χ3n) is 7.00. The van der Waals surface area contributed by atoms with Crippen molar-refractivity contribution in [2.24, 2.45) is 5.92 Å². The van der Waals surface area contributed by atoms with Crippen LogP contribution in [-0.4, -0.2) is 31.7 Å². The third-order valence-corrected chi connectivity index (χ3v) is 9.38. The number of hydrogen-bond acceptors (Lipinski definition) is 3. The van der Waals surface area contributed by atoms with Gasteiger partial charge in [-0.1, -0.05) is 54.4 Å². The predicted octanol–water partition coefficient (Wildman–Crippen LogP) is 5.68. The van der Waals surface area contributed by atoms with Crippen molar-refractivity contribution in [2.75, 3.05) is 13.1 Å². The number of fused-ring (bicyclic) bond motifs is 1. The number of halogens is 2. The average molecular weight is 524 g/mol. The molecule has 1 N–H and O–H groups in total. The SMILES string of the molecule is CC[C@@H](NC(=O)[C@@H]1CCCN(S(=O)(=O)Cc2ccc(Cl)cc2Cl)C1)c1ccc2c(c1)CCCC2. The van der Waals surface area contributed by atoms with Gasteiger partial charge in [0.2, 0.25) is 15.9 Å². The summed E-state index contributed by atoms with van der Waals surface area (Å²) in [5.41, 5.74) is 4.46. The van der Waals surface area contributed by atoms with Crippen LogP contribution < -0.4 is 5.32 Å². The van der Waals surface area contributed by atoms with Crippen LogP contribution in [0.25, 0.3) is 0 Å². The summed E-state index contributed by atoms with van der Waals surface area (Å²) in [5.74, 6) is -0.644. The Kier molecular flexibility index (Phi) is 8.24. The van der Waals surface area contributed by atoms with Gasteiger partial charge in [0.1, 0.15) is 0 Å². The van der Waals surface area contributed by atoms with Crippen LogP contribution >= 0.6 is 23.2 Å². The first-order chi connectivity index (χ1) is 16.3. The highest BCUT2D eigenvalue weighted by atomic mass is 35.5. The van der Waals surface area contributed by atoms with Crippen LogP contribution in [0.4, 0.5) is 0 Å². The van der Waals surface area contributed by atoms with Crippen molar-refractivity contribution < 1.29 is 13.2 Å². The summed E-state index contributed by atoms with van der Waals surface area (Å²) < 4.78 is 27.6. The standard InChI is InChI=1S/C26H32Cl2N2O3S/c1-2-25(20-10-9-18-6-3-4-7-19(18)14-20)29-26(31)21-8-5-13-30(16-21)34(32,33)17-22-11-12-23(27)15-24(22)28/h9-12,14-15,21,25H,2-8,13,16-17H2,1H3,(H,29,31)/t21-,25-/m1/s1. The molecule has 0 spiro atoms. The molecule has 4 rings (SSSR count). The van der Waals surface area contributed by atoms with Crippen LogP contribution in [0, 0.1) is 5.92 Å². The molecular weight excluding hydrogens is 491 g/mol. The van der Waals surface area contributed by atoms with Crippen molar-refractivity contribution in [1.82, 2.24) is 9.62 Å². The number of sulfonamides is 1. The van der Waals surface area contributed by atoms with Crippen molar-refractivity contribution in [3.8, 4) is 0 Å². The molecule has 34 heavy (non-hydrogen) atoms. The summed E-state index contributed by atoms with van der Waals surface area (Å²) >= 11 is 12.1. The average Bonchev–Trinajstić information content (AvgIpc) is 2.84. The van der Waals surface area contributed by atoms with Crippen LogP contribution in [0.1, 0.15) is 67.3 Å². The van der Waals surface area contributed by atoms with Gasteiger partial charge < -0.3 is 5.32 Å². The molecule has 0 bridgehead atoms. The van der Waals surface area contributed by atoms with Crippen LogP contribution in [0.5, 0.6) is 0 Å². The fourth-order valence-corrected chi connectivity index (χ4v) is 7.21. The molecule has 2 aromatic rings. The van der Waals surface area contributed by atoms with E-state index in [1.165, 1.54) is 28.3 Å². The first-order valence-electron chi connectivity index (χ1n) is 12.1. The second kappa shape index (κ2) is 11.0. The molecule has 1 amide bonds. The first kappa shape index (κ1) is 25.5. The van der Waals surface area contributed by atoms with E-state index in [1.54, 1.807) is 18.2 Å². The number of carbonyl (C=O) groups excluding carboxylic acids is 1. The summed E-state index contributed by atoms with van der Waals surface area (Å²) in [5, 5.41) is 4.00. The summed E-state index contributed by atoms with van der Waals surface area (Å²) in [6.07, 6.45) is 6.81. The second-order valence-corrected chi connectivity index (χ2v) is 12.2. The summed E-state index contributed by atoms with van der Waals surface area (Å²) in [6, 6.07) is 11.3. The highest BCUT2D eigenvalue weighted by Gasteiger charge is 2.33. The van der Waals surface area contributed by atoms with Gasteiger partial charge in [-0.05, 0) is 79.3 Å². The Hall–Kier alpha value is -1.60. The van der Waals surface area contributed by atoms with Gasteiger partial charge in [0.15, 0.2) is 0 Å². The molecule has 1 heterocycles. The number of piperidine rings is 1. The van der Waals surface area contributed by atoms with Crippen molar-refractivity contribution in [2.45, 2.75) is 63.7 Å². The van der Waals surface area contributed by atoms with Crippen molar-refractivity contribution in [1.29, 1.82) is 0 Å². The molecule has 2 atom stereocenters. The topological polar surface area (TPSA) is 66.5 Å². The van der Waals surface area contributed by atoms with E-state index in [9.17, 15) is 13.2 Å². The largest absolute Gasteiger partial charge is 0.349 e. The van der Waals surface area contributed by atoms with Gasteiger partial charge in [0, 0.05) is 23.1 Å². The number of nitrogens with one attached hydrogen (secondary N) is 1. The maximum absolute atomic E-state index is 13.2. The van der Waals surface area contributed by atoms with Gasteiger partial charge in [0.25, 0.3) is 0 Å². The Bertz CT molecular complexity index is 1150. The number of aryl methyl sites for hydroxylation is 2. The number of carbonyl (C=O) groups is 1. The van der Waals surface area contributed by atoms with Crippen LogP contribution in [0.2, 0.25) is 10.0 Å². The Morgan fingerprint density at radius 3 is 2.59 bits per heavy atom. The molecule has 1 aliphatic carbocycles. The van der Waals surface area contributed by atoms with Gasteiger partial charge in [-0.25, -0.2) is 12.7 Å². The molecule has 1 saturated heterocycles. The van der Waals surface area contributed by atoms with Crippen molar-refractivity contribution >= 4 is 39.1 Å². The molecule has 0 aromatic heterocycles. The molecule has 5 nitrogen and oxygen atoms in total. The molecule has 2 aliphatic rings. The highest BCUT2D eigenvalue weighted by Crippen LogP contribution is 2.29. The summed E-state index contributed by atoms with van der Waals surface area (Å²) in [4.78, 5) is 13.2. The normalized spacial score (nSPS) is 19.9. The van der Waals surface area contributed by atoms with E-state index in [0.717, 1.165) is 24.8 Å². The lowest BCUT2D eigenvalue weighted by Crippen LogP contribution is -2.46. The van der Waals surface area contributed by atoms with Crippen LogP contribution in [-0.2, 0) is 33.4 Å². The fourth-order valence-electron chi connectivity index (χ4n) is 5.02. The monoisotopic (exact) mass is 522 g/mol. The lowest BCUT2D eigenvalue weighted by atomic mass is 9.88. The minimum absolute atomic E-state index is 0.0698. The molecule has 1 fully saturated rings. The molecule has 1 aliphatic heterocycles. The maximum Gasteiger partial charge on any atom is 0.224 e. The van der Waals surface area contributed by atoms with Crippen LogP contribution in [0.3, 0.4) is 0 Å². The van der Waals surface area contributed by atoms with Crippen molar-refractivity contribution in [3.63, 3.8) is 0 Å². The quantitative estimate of drug-likeness (QED) is 0.508. The zero-order valence-electron chi connectivity index (χ0n) is 19.5. The number of benzene rings is 2. The number of nitrogens with zero attached hydrogens (tertiary/aromatic N) is 1. The Morgan fingerprint density at radius 2 is 1.85 bits per heavy atom. The second-order valence-electron chi connectivity index (χ2n) is 9.39. The number of amides is 1. The predicted molar refractivity (Wildman–Crippen MR) is 138 cm³/mol. The molecule has 0 unspecified atom stereocenters. The van der Waals surface area contributed by atoms with E-state index >= 15 is 0 Å². The summed E-state index contributed by atoms with van der Waals surface area (Å²) in [7, 11) is -3.61. The summed E-state index contributed by atoms with van der Waals surface area (Å²) in [6.45, 7) is 2.68. The van der Waals surface area contributed by atoms with E-state index < -0.39 is 10.0 Å². The zero-order valence-corrected chi connectivity index (χ0v) is 21.9. The number of hydrogen-bond donors (Lipinski definition) is 1. The van der Waals surface area contributed by atoms with E-state index in [1.807, 2.05) is 0 Å². The fraction of sp³-hybridized carbons (Fsp3) is 0.500. The minimum atomic E-state index is -3.61. The van der Waals surface area contributed by atoms with E-state index in [-0.39, 0.29) is 30.2 Å². The molecule has 184 valence electrons. The van der Waals surface area contributed by atoms with Gasteiger partial charge in [-0.3, -0.25) is 4.79 Å². The third kappa shape index (κ3) is 5.96. The van der Waals surface area contributed by atoms with Gasteiger partial charge in [0.05, 0.1) is 17.7 Å². The van der Waals surface area contributed by atoms with Crippen molar-refractivity contribution in [3.05, 3.63) is 68.7 Å². The lowest BCUT2D eigenvalue weighted by molar-refractivity contribution is -0.126. The van der Waals surface area contributed by atoms with Crippen LogP contribution in [0.15, 0.2) is 36.4 Å². The van der Waals surface area contributed by atoms with E-state index in [4.69, 9.17) is 23.2 Å². The Morgan fingerprint density at radius 1 is 1.09 bits per heavy atom. The van der Waals surface area contributed by atoms with E-state index in [0.29, 0.717) is 35.0 Å². The van der Waals surface area contributed by atoms with E-state index in [2.05, 4.69) is 30.4 Å². The molecule has 2 aromatic carbocycles. The Labute approximate surface area is 212 Å². The maximum atomic E-state index is 13.2. The van der Waals surface area contributed by atoms with Gasteiger partial charge >= 0.3 is 0 Å².